The van der Waals surface area contributed by atoms with Gasteiger partial charge in [-0.1, -0.05) is 73.5 Å². The third-order valence-electron chi connectivity index (χ3n) is 2.24. The Bertz CT molecular complexity index is 429. The molecule has 0 saturated heterocycles. The number of aryl methyl sites for hydroxylation is 1. The van der Waals surface area contributed by atoms with E-state index < -0.39 is 0 Å². The summed E-state index contributed by atoms with van der Waals surface area (Å²) in [5, 5.41) is 0.802. The first-order valence-electron chi connectivity index (χ1n) is 5.59. The van der Waals surface area contributed by atoms with Crippen molar-refractivity contribution in [1.82, 2.24) is 0 Å². The third-order valence-corrected chi connectivity index (χ3v) is 2.57. The van der Waals surface area contributed by atoms with Gasteiger partial charge in [0.25, 0.3) is 0 Å². The molecule has 0 amide bonds. The number of halogens is 1. The van der Waals surface area contributed by atoms with Crippen molar-refractivity contribution in [2.45, 2.75) is 20.8 Å². The molecule has 0 saturated carbocycles. The average molecular weight is 233 g/mol. The van der Waals surface area contributed by atoms with Crippen LogP contribution in [0.4, 0.5) is 0 Å². The molecular weight excluding hydrogens is 216 g/mol. The van der Waals surface area contributed by atoms with Crippen LogP contribution >= 0.6 is 11.6 Å². The van der Waals surface area contributed by atoms with Gasteiger partial charge in [0.05, 0.1) is 0 Å². The standard InChI is InChI=1S/C13H11Cl.C2H6/c1-10-6-8-11(9-7-10)12-4-2-3-5-13(12)14;1-2/h2-9H,1H3;1-2H3. The highest BCUT2D eigenvalue weighted by atomic mass is 35.5. The van der Waals surface area contributed by atoms with Crippen LogP contribution < -0.4 is 0 Å². The number of hydrogen-bond donors (Lipinski definition) is 0. The van der Waals surface area contributed by atoms with Gasteiger partial charge in [-0.05, 0) is 18.6 Å². The quantitative estimate of drug-likeness (QED) is 0.623. The fraction of sp³-hybridized carbons (Fsp3) is 0.200. The van der Waals surface area contributed by atoms with Crippen LogP contribution in [0.2, 0.25) is 5.02 Å². The maximum Gasteiger partial charge on any atom is 0.0484 e. The topological polar surface area (TPSA) is 0 Å². The van der Waals surface area contributed by atoms with E-state index in [4.69, 9.17) is 11.6 Å². The van der Waals surface area contributed by atoms with Crippen LogP contribution in [0.1, 0.15) is 19.4 Å². The van der Waals surface area contributed by atoms with E-state index in [2.05, 4.69) is 31.2 Å². The molecule has 16 heavy (non-hydrogen) atoms. The molecule has 1 heteroatoms. The molecule has 0 nitrogen and oxygen atoms in total. The lowest BCUT2D eigenvalue weighted by molar-refractivity contribution is 1.47. The van der Waals surface area contributed by atoms with Crippen molar-refractivity contribution in [3.05, 3.63) is 59.1 Å². The van der Waals surface area contributed by atoms with E-state index >= 15 is 0 Å². The zero-order valence-electron chi connectivity index (χ0n) is 10.00. The Morgan fingerprint density at radius 2 is 1.38 bits per heavy atom. The largest absolute Gasteiger partial charge is 0.0837 e. The van der Waals surface area contributed by atoms with Gasteiger partial charge in [-0.25, -0.2) is 0 Å². The lowest BCUT2D eigenvalue weighted by Gasteiger charge is -2.03. The van der Waals surface area contributed by atoms with Crippen molar-refractivity contribution in [2.75, 3.05) is 0 Å². The first kappa shape index (κ1) is 12.8. The summed E-state index contributed by atoms with van der Waals surface area (Å²) in [5.74, 6) is 0. The van der Waals surface area contributed by atoms with E-state index in [1.807, 2.05) is 38.1 Å². The molecule has 2 rings (SSSR count). The second-order valence-corrected chi connectivity index (χ2v) is 3.75. The van der Waals surface area contributed by atoms with Gasteiger partial charge in [-0.2, -0.15) is 0 Å². The van der Waals surface area contributed by atoms with E-state index in [0.717, 1.165) is 10.6 Å². The molecule has 0 spiro atoms. The van der Waals surface area contributed by atoms with Crippen LogP contribution in [0.3, 0.4) is 0 Å². The second-order valence-electron chi connectivity index (χ2n) is 3.35. The average Bonchev–Trinajstić information content (AvgIpc) is 2.34. The van der Waals surface area contributed by atoms with Crippen molar-refractivity contribution in [3.63, 3.8) is 0 Å². The first-order chi connectivity index (χ1) is 7.77. The van der Waals surface area contributed by atoms with E-state index in [-0.39, 0.29) is 0 Å². The van der Waals surface area contributed by atoms with Crippen molar-refractivity contribution < 1.29 is 0 Å². The summed E-state index contributed by atoms with van der Waals surface area (Å²) in [5.41, 5.74) is 3.52. The van der Waals surface area contributed by atoms with Crippen LogP contribution in [0.5, 0.6) is 0 Å². The Morgan fingerprint density at radius 1 is 0.812 bits per heavy atom. The monoisotopic (exact) mass is 232 g/mol. The van der Waals surface area contributed by atoms with Crippen molar-refractivity contribution in [1.29, 1.82) is 0 Å². The zero-order valence-corrected chi connectivity index (χ0v) is 10.8. The lowest BCUT2D eigenvalue weighted by Crippen LogP contribution is -1.79. The van der Waals surface area contributed by atoms with Gasteiger partial charge in [0.2, 0.25) is 0 Å². The highest BCUT2D eigenvalue weighted by Crippen LogP contribution is 2.27. The molecule has 0 aliphatic carbocycles. The van der Waals surface area contributed by atoms with Gasteiger partial charge in [0.1, 0.15) is 0 Å². The van der Waals surface area contributed by atoms with Gasteiger partial charge in [0, 0.05) is 10.6 Å². The molecule has 0 fully saturated rings. The Morgan fingerprint density at radius 3 is 1.94 bits per heavy atom. The predicted octanol–water partition coefficient (Wildman–Crippen LogP) is 5.34. The number of hydrogen-bond acceptors (Lipinski definition) is 0. The second kappa shape index (κ2) is 6.34. The van der Waals surface area contributed by atoms with E-state index in [9.17, 15) is 0 Å². The lowest BCUT2D eigenvalue weighted by atomic mass is 10.0. The molecule has 84 valence electrons. The Labute approximate surface area is 103 Å². The molecule has 0 aromatic heterocycles. The summed E-state index contributed by atoms with van der Waals surface area (Å²) in [6.45, 7) is 6.08. The van der Waals surface area contributed by atoms with E-state index in [0.29, 0.717) is 0 Å². The maximum atomic E-state index is 6.10. The minimum Gasteiger partial charge on any atom is -0.0837 e. The first-order valence-corrected chi connectivity index (χ1v) is 5.97. The van der Waals surface area contributed by atoms with E-state index in [1.165, 1.54) is 11.1 Å². The van der Waals surface area contributed by atoms with E-state index in [1.54, 1.807) is 0 Å². The van der Waals surface area contributed by atoms with Crippen LogP contribution in [-0.4, -0.2) is 0 Å². The zero-order chi connectivity index (χ0) is 12.0. The minimum absolute atomic E-state index is 0.802. The highest BCUT2D eigenvalue weighted by Gasteiger charge is 2.00. The summed E-state index contributed by atoms with van der Waals surface area (Å²) in [6, 6.07) is 16.3. The number of rotatable bonds is 1. The smallest absolute Gasteiger partial charge is 0.0484 e. The Kier molecular flexibility index (Phi) is 5.07. The van der Waals surface area contributed by atoms with Crippen LogP contribution in [0, 0.1) is 6.92 Å². The van der Waals surface area contributed by atoms with Gasteiger partial charge in [-0.3, -0.25) is 0 Å². The molecule has 0 aliphatic rings. The summed E-state index contributed by atoms with van der Waals surface area (Å²) in [4.78, 5) is 0. The molecule has 2 aromatic carbocycles. The predicted molar refractivity (Wildman–Crippen MR) is 73.0 cm³/mol. The Balaban J connectivity index is 0.000000606. The molecular formula is C15H17Cl. The van der Waals surface area contributed by atoms with Gasteiger partial charge in [0.15, 0.2) is 0 Å². The molecule has 0 N–H and O–H groups in total. The maximum absolute atomic E-state index is 6.10. The van der Waals surface area contributed by atoms with Gasteiger partial charge in [-0.15, -0.1) is 0 Å². The molecule has 0 heterocycles. The summed E-state index contributed by atoms with van der Waals surface area (Å²) in [7, 11) is 0. The fourth-order valence-electron chi connectivity index (χ4n) is 1.43. The Hall–Kier alpha value is -1.27. The third kappa shape index (κ3) is 3.11. The molecule has 0 radical (unpaired) electrons. The highest BCUT2D eigenvalue weighted by molar-refractivity contribution is 6.33. The SMILES string of the molecule is CC.Cc1ccc(-c2ccccc2Cl)cc1. The summed E-state index contributed by atoms with van der Waals surface area (Å²) >= 11 is 6.10. The normalized spacial score (nSPS) is 9.25. The van der Waals surface area contributed by atoms with Crippen LogP contribution in [0.25, 0.3) is 11.1 Å². The molecule has 0 bridgehead atoms. The van der Waals surface area contributed by atoms with Crippen LogP contribution in [0.15, 0.2) is 48.5 Å². The van der Waals surface area contributed by atoms with Crippen molar-refractivity contribution in [3.8, 4) is 11.1 Å². The van der Waals surface area contributed by atoms with Crippen molar-refractivity contribution >= 4 is 11.6 Å². The van der Waals surface area contributed by atoms with Crippen molar-refractivity contribution in [2.24, 2.45) is 0 Å². The molecule has 0 aliphatic heterocycles. The van der Waals surface area contributed by atoms with Crippen LogP contribution in [-0.2, 0) is 0 Å². The summed E-state index contributed by atoms with van der Waals surface area (Å²) < 4.78 is 0. The molecule has 0 unspecified atom stereocenters. The minimum atomic E-state index is 0.802. The summed E-state index contributed by atoms with van der Waals surface area (Å²) in [6.07, 6.45) is 0. The number of benzene rings is 2. The van der Waals surface area contributed by atoms with Gasteiger partial charge < -0.3 is 0 Å². The molecule has 2 aromatic rings. The molecule has 0 atom stereocenters. The van der Waals surface area contributed by atoms with Gasteiger partial charge >= 0.3 is 0 Å². The fourth-order valence-corrected chi connectivity index (χ4v) is 1.67.